The zero-order valence-electron chi connectivity index (χ0n) is 11.0. The number of hydrogen-bond donors (Lipinski definition) is 0. The fourth-order valence-electron chi connectivity index (χ4n) is 2.40. The molecule has 3 heteroatoms. The van der Waals surface area contributed by atoms with Gasteiger partial charge in [-0.3, -0.25) is 0 Å². The highest BCUT2D eigenvalue weighted by Gasteiger charge is 2.08. The van der Waals surface area contributed by atoms with Crippen LogP contribution in [0.25, 0.3) is 11.0 Å². The lowest BCUT2D eigenvalue weighted by Gasteiger charge is -2.10. The molecular formula is C16H15FN2. The molecule has 0 saturated carbocycles. The number of nitrogens with zero attached hydrogens (tertiary/aromatic N) is 2. The molecule has 2 aromatic carbocycles. The van der Waals surface area contributed by atoms with Gasteiger partial charge in [0.2, 0.25) is 0 Å². The van der Waals surface area contributed by atoms with E-state index < -0.39 is 0 Å². The minimum Gasteiger partial charge on any atom is -0.324 e. The monoisotopic (exact) mass is 254 g/mol. The molecule has 0 bridgehead atoms. The normalized spacial score (nSPS) is 11.1. The number of fused-ring (bicyclic) bond motifs is 1. The number of halogens is 1. The van der Waals surface area contributed by atoms with Crippen molar-refractivity contribution < 1.29 is 4.39 Å². The molecule has 0 aliphatic heterocycles. The second-order valence-electron chi connectivity index (χ2n) is 4.80. The van der Waals surface area contributed by atoms with Gasteiger partial charge in [0.15, 0.2) is 0 Å². The molecule has 3 rings (SSSR count). The summed E-state index contributed by atoms with van der Waals surface area (Å²) in [4.78, 5) is 4.55. The zero-order chi connectivity index (χ0) is 13.4. The highest BCUT2D eigenvalue weighted by Crippen LogP contribution is 2.19. The lowest BCUT2D eigenvalue weighted by Crippen LogP contribution is -2.03. The number of para-hydroxylation sites is 2. The van der Waals surface area contributed by atoms with E-state index in [2.05, 4.69) is 15.6 Å². The molecule has 0 N–H and O–H groups in total. The molecule has 0 unspecified atom stereocenters. The average molecular weight is 254 g/mol. The number of benzene rings is 2. The van der Waals surface area contributed by atoms with Crippen molar-refractivity contribution in [2.75, 3.05) is 0 Å². The molecule has 0 spiro atoms. The van der Waals surface area contributed by atoms with E-state index in [9.17, 15) is 4.39 Å². The molecule has 3 aromatic rings. The van der Waals surface area contributed by atoms with Gasteiger partial charge in [0, 0.05) is 6.54 Å². The quantitative estimate of drug-likeness (QED) is 0.679. The van der Waals surface area contributed by atoms with Gasteiger partial charge in [-0.05, 0) is 49.2 Å². The largest absolute Gasteiger partial charge is 0.324 e. The van der Waals surface area contributed by atoms with E-state index in [4.69, 9.17) is 0 Å². The first-order valence-corrected chi connectivity index (χ1v) is 6.32. The maximum atomic E-state index is 13.1. The van der Waals surface area contributed by atoms with Crippen molar-refractivity contribution in [1.29, 1.82) is 0 Å². The lowest BCUT2D eigenvalue weighted by molar-refractivity contribution is 0.624. The Morgan fingerprint density at radius 3 is 2.68 bits per heavy atom. The van der Waals surface area contributed by atoms with E-state index >= 15 is 0 Å². The van der Waals surface area contributed by atoms with Gasteiger partial charge in [-0.2, -0.15) is 0 Å². The number of hydrogen-bond acceptors (Lipinski definition) is 1. The summed E-state index contributed by atoms with van der Waals surface area (Å²) in [5.41, 5.74) is 4.20. The van der Waals surface area contributed by atoms with Crippen molar-refractivity contribution in [3.8, 4) is 0 Å². The van der Waals surface area contributed by atoms with E-state index in [0.29, 0.717) is 0 Å². The van der Waals surface area contributed by atoms with Crippen molar-refractivity contribution in [3.63, 3.8) is 0 Å². The number of aryl methyl sites for hydroxylation is 2. The molecule has 2 nitrogen and oxygen atoms in total. The number of rotatable bonds is 2. The van der Waals surface area contributed by atoms with Crippen molar-refractivity contribution in [2.24, 2.45) is 0 Å². The Kier molecular flexibility index (Phi) is 2.82. The second kappa shape index (κ2) is 4.50. The molecule has 1 aromatic heterocycles. The lowest BCUT2D eigenvalue weighted by atomic mass is 10.1. The standard InChI is InChI=1S/C16H15FN2/c1-11-9-14(17)8-7-13(11)10-19-12(2)18-15-5-3-4-6-16(15)19/h3-9H,10H2,1-2H3. The SMILES string of the molecule is Cc1cc(F)ccc1Cn1c(C)nc2ccccc21. The van der Waals surface area contributed by atoms with Crippen LogP contribution in [0, 0.1) is 19.7 Å². The van der Waals surface area contributed by atoms with Crippen molar-refractivity contribution >= 4 is 11.0 Å². The summed E-state index contributed by atoms with van der Waals surface area (Å²) >= 11 is 0. The topological polar surface area (TPSA) is 17.8 Å². The first kappa shape index (κ1) is 11.9. The summed E-state index contributed by atoms with van der Waals surface area (Å²) < 4.78 is 15.3. The number of imidazole rings is 1. The van der Waals surface area contributed by atoms with E-state index in [0.717, 1.165) is 34.5 Å². The molecular weight excluding hydrogens is 239 g/mol. The molecule has 0 atom stereocenters. The Balaban J connectivity index is 2.08. The second-order valence-corrected chi connectivity index (χ2v) is 4.80. The van der Waals surface area contributed by atoms with Crippen LogP contribution in [0.5, 0.6) is 0 Å². The maximum absolute atomic E-state index is 13.1. The number of aromatic nitrogens is 2. The Morgan fingerprint density at radius 1 is 1.11 bits per heavy atom. The van der Waals surface area contributed by atoms with E-state index in [1.165, 1.54) is 6.07 Å². The van der Waals surface area contributed by atoms with E-state index in [1.54, 1.807) is 6.07 Å². The molecule has 96 valence electrons. The van der Waals surface area contributed by atoms with Crippen LogP contribution in [0.15, 0.2) is 42.5 Å². The third kappa shape index (κ3) is 2.12. The Bertz CT molecular complexity index is 744. The van der Waals surface area contributed by atoms with Gasteiger partial charge in [0.05, 0.1) is 11.0 Å². The molecule has 0 aliphatic carbocycles. The highest BCUT2D eigenvalue weighted by molar-refractivity contribution is 5.76. The molecule has 0 radical (unpaired) electrons. The van der Waals surface area contributed by atoms with Crippen molar-refractivity contribution in [1.82, 2.24) is 9.55 Å². The molecule has 0 fully saturated rings. The molecule has 0 amide bonds. The van der Waals surface area contributed by atoms with Gasteiger partial charge in [-0.1, -0.05) is 18.2 Å². The van der Waals surface area contributed by atoms with Crippen LogP contribution in [0.2, 0.25) is 0 Å². The van der Waals surface area contributed by atoms with Gasteiger partial charge in [-0.25, -0.2) is 9.37 Å². The van der Waals surface area contributed by atoms with Crippen LogP contribution in [0.4, 0.5) is 4.39 Å². The molecule has 19 heavy (non-hydrogen) atoms. The summed E-state index contributed by atoms with van der Waals surface area (Å²) in [5, 5.41) is 0. The van der Waals surface area contributed by atoms with Crippen LogP contribution < -0.4 is 0 Å². The van der Waals surface area contributed by atoms with Crippen LogP contribution in [-0.2, 0) is 6.54 Å². The van der Waals surface area contributed by atoms with Crippen LogP contribution in [0.3, 0.4) is 0 Å². The first-order chi connectivity index (χ1) is 9.15. The van der Waals surface area contributed by atoms with Crippen LogP contribution in [-0.4, -0.2) is 9.55 Å². The van der Waals surface area contributed by atoms with Crippen LogP contribution in [0.1, 0.15) is 17.0 Å². The van der Waals surface area contributed by atoms with E-state index in [1.807, 2.05) is 38.1 Å². The molecule has 1 heterocycles. The van der Waals surface area contributed by atoms with E-state index in [-0.39, 0.29) is 5.82 Å². The Labute approximate surface area is 111 Å². The minimum absolute atomic E-state index is 0.187. The average Bonchev–Trinajstić information content (AvgIpc) is 2.69. The summed E-state index contributed by atoms with van der Waals surface area (Å²) in [6, 6.07) is 13.0. The predicted octanol–water partition coefficient (Wildman–Crippen LogP) is 3.84. The Hall–Kier alpha value is -2.16. The summed E-state index contributed by atoms with van der Waals surface area (Å²) in [6.45, 7) is 4.66. The summed E-state index contributed by atoms with van der Waals surface area (Å²) in [5.74, 6) is 0.790. The zero-order valence-corrected chi connectivity index (χ0v) is 11.0. The van der Waals surface area contributed by atoms with Crippen molar-refractivity contribution in [3.05, 3.63) is 65.2 Å². The summed E-state index contributed by atoms with van der Waals surface area (Å²) in [6.07, 6.45) is 0. The predicted molar refractivity (Wildman–Crippen MR) is 74.7 cm³/mol. The fraction of sp³-hybridized carbons (Fsp3) is 0.188. The third-order valence-corrected chi connectivity index (χ3v) is 3.48. The Morgan fingerprint density at radius 2 is 1.89 bits per heavy atom. The van der Waals surface area contributed by atoms with Gasteiger partial charge < -0.3 is 4.57 Å². The molecule has 0 aliphatic rings. The smallest absolute Gasteiger partial charge is 0.123 e. The molecule has 0 saturated heterocycles. The van der Waals surface area contributed by atoms with Gasteiger partial charge in [0.25, 0.3) is 0 Å². The van der Waals surface area contributed by atoms with Crippen molar-refractivity contribution in [2.45, 2.75) is 20.4 Å². The first-order valence-electron chi connectivity index (χ1n) is 6.32. The van der Waals surface area contributed by atoms with Crippen LogP contribution >= 0.6 is 0 Å². The van der Waals surface area contributed by atoms with Gasteiger partial charge in [-0.15, -0.1) is 0 Å². The van der Waals surface area contributed by atoms with Gasteiger partial charge >= 0.3 is 0 Å². The third-order valence-electron chi connectivity index (χ3n) is 3.48. The minimum atomic E-state index is -0.187. The maximum Gasteiger partial charge on any atom is 0.123 e. The summed E-state index contributed by atoms with van der Waals surface area (Å²) in [7, 11) is 0. The fourth-order valence-corrected chi connectivity index (χ4v) is 2.40. The van der Waals surface area contributed by atoms with Gasteiger partial charge in [0.1, 0.15) is 11.6 Å². The highest BCUT2D eigenvalue weighted by atomic mass is 19.1.